The Morgan fingerprint density at radius 1 is 1.53 bits per heavy atom. The van der Waals surface area contributed by atoms with Gasteiger partial charge in [-0.05, 0) is 31.0 Å². The van der Waals surface area contributed by atoms with Gasteiger partial charge in [-0.25, -0.2) is 12.8 Å². The number of sulfonamides is 1. The Morgan fingerprint density at radius 3 is 2.88 bits per heavy atom. The molecule has 0 amide bonds. The van der Waals surface area contributed by atoms with Crippen LogP contribution in [0.15, 0.2) is 18.2 Å². The second-order valence-electron chi connectivity index (χ2n) is 3.91. The van der Waals surface area contributed by atoms with E-state index in [1.165, 1.54) is 19.1 Å². The van der Waals surface area contributed by atoms with Gasteiger partial charge < -0.3 is 0 Å². The van der Waals surface area contributed by atoms with Gasteiger partial charge in [-0.3, -0.25) is 4.31 Å². The van der Waals surface area contributed by atoms with Gasteiger partial charge in [-0.1, -0.05) is 6.07 Å². The molecule has 17 heavy (non-hydrogen) atoms. The third-order valence-electron chi connectivity index (χ3n) is 2.84. The molecule has 0 fully saturated rings. The molecule has 6 heteroatoms. The largest absolute Gasteiger partial charge is 0.268 e. The number of nitriles is 1. The zero-order chi connectivity index (χ0) is 12.6. The molecule has 1 heterocycles. The van der Waals surface area contributed by atoms with Crippen LogP contribution in [0.1, 0.15) is 12.5 Å². The Morgan fingerprint density at radius 2 is 2.24 bits per heavy atom. The number of nitrogens with zero attached hydrogens (tertiary/aromatic N) is 2. The molecule has 1 aromatic rings. The molecule has 0 radical (unpaired) electrons. The molecule has 90 valence electrons. The molecule has 1 atom stereocenters. The standard InChI is InChI=1S/C11H11FN2O2S/c1-8(7-13)17(15,16)14-5-4-9-2-3-10(12)6-11(9)14/h2-3,6,8H,4-5H2,1H3. The third kappa shape index (κ3) is 1.87. The number of rotatable bonds is 2. The molecule has 1 aliphatic rings. The molecule has 0 saturated carbocycles. The van der Waals surface area contributed by atoms with Crippen LogP contribution >= 0.6 is 0 Å². The fourth-order valence-electron chi connectivity index (χ4n) is 1.84. The molecule has 0 spiro atoms. The summed E-state index contributed by atoms with van der Waals surface area (Å²) in [7, 11) is -3.71. The molecule has 1 unspecified atom stereocenters. The predicted molar refractivity (Wildman–Crippen MR) is 61.4 cm³/mol. The Balaban J connectivity index is 2.48. The zero-order valence-electron chi connectivity index (χ0n) is 9.22. The maximum Gasteiger partial charge on any atom is 0.251 e. The number of fused-ring (bicyclic) bond motifs is 1. The van der Waals surface area contributed by atoms with Crippen LogP contribution in [0, 0.1) is 17.1 Å². The summed E-state index contributed by atoms with van der Waals surface area (Å²) in [5.74, 6) is -0.476. The van der Waals surface area contributed by atoms with E-state index in [4.69, 9.17) is 5.26 Å². The van der Waals surface area contributed by atoms with Crippen molar-refractivity contribution in [2.45, 2.75) is 18.6 Å². The summed E-state index contributed by atoms with van der Waals surface area (Å²) in [5.41, 5.74) is 1.15. The van der Waals surface area contributed by atoms with Crippen LogP contribution < -0.4 is 4.31 Å². The van der Waals surface area contributed by atoms with E-state index in [1.807, 2.05) is 0 Å². The van der Waals surface area contributed by atoms with E-state index >= 15 is 0 Å². The van der Waals surface area contributed by atoms with Crippen molar-refractivity contribution in [3.8, 4) is 6.07 Å². The lowest BCUT2D eigenvalue weighted by Crippen LogP contribution is -2.35. The number of halogens is 1. The van der Waals surface area contributed by atoms with Crippen molar-refractivity contribution in [1.82, 2.24) is 0 Å². The molecular formula is C11H11FN2O2S. The first-order valence-corrected chi connectivity index (χ1v) is 6.66. The van der Waals surface area contributed by atoms with E-state index in [-0.39, 0.29) is 6.54 Å². The monoisotopic (exact) mass is 254 g/mol. The van der Waals surface area contributed by atoms with Crippen LogP contribution in [-0.4, -0.2) is 20.2 Å². The van der Waals surface area contributed by atoms with Crippen LogP contribution in [-0.2, 0) is 16.4 Å². The van der Waals surface area contributed by atoms with Gasteiger partial charge in [0.15, 0.2) is 5.25 Å². The summed E-state index contributed by atoms with van der Waals surface area (Å²) in [6, 6.07) is 5.79. The van der Waals surface area contributed by atoms with E-state index in [0.717, 1.165) is 9.87 Å². The predicted octanol–water partition coefficient (Wildman–Crippen LogP) is 1.43. The van der Waals surface area contributed by atoms with Gasteiger partial charge in [0.05, 0.1) is 11.8 Å². The first-order valence-electron chi connectivity index (χ1n) is 5.16. The average Bonchev–Trinajstić information content (AvgIpc) is 2.71. The van der Waals surface area contributed by atoms with Crippen LogP contribution in [0.5, 0.6) is 0 Å². The number of hydrogen-bond donors (Lipinski definition) is 0. The Labute approximate surface area is 99.3 Å². The maximum absolute atomic E-state index is 13.1. The average molecular weight is 254 g/mol. The molecule has 1 aliphatic heterocycles. The number of hydrogen-bond acceptors (Lipinski definition) is 3. The highest BCUT2D eigenvalue weighted by molar-refractivity contribution is 7.93. The highest BCUT2D eigenvalue weighted by atomic mass is 32.2. The molecule has 0 aliphatic carbocycles. The van der Waals surface area contributed by atoms with E-state index in [1.54, 1.807) is 12.1 Å². The first-order chi connectivity index (χ1) is 7.96. The third-order valence-corrected chi connectivity index (χ3v) is 4.83. The molecule has 0 saturated heterocycles. The van der Waals surface area contributed by atoms with Gasteiger partial charge in [0.2, 0.25) is 0 Å². The Kier molecular flexibility index (Phi) is 2.79. The first kappa shape index (κ1) is 11.9. The normalized spacial score (nSPS) is 16.4. The topological polar surface area (TPSA) is 61.2 Å². The summed E-state index contributed by atoms with van der Waals surface area (Å²) in [4.78, 5) is 0. The second-order valence-corrected chi connectivity index (χ2v) is 6.09. The molecule has 4 nitrogen and oxygen atoms in total. The minimum Gasteiger partial charge on any atom is -0.268 e. The summed E-state index contributed by atoms with van der Waals surface area (Å²) < 4.78 is 38.3. The van der Waals surface area contributed by atoms with Gasteiger partial charge in [0.25, 0.3) is 10.0 Å². The van der Waals surface area contributed by atoms with E-state index in [9.17, 15) is 12.8 Å². The summed E-state index contributed by atoms with van der Waals surface area (Å²) in [5, 5.41) is 7.58. The van der Waals surface area contributed by atoms with Crippen LogP contribution in [0.25, 0.3) is 0 Å². The van der Waals surface area contributed by atoms with Crippen molar-refractivity contribution in [3.05, 3.63) is 29.6 Å². The highest BCUT2D eigenvalue weighted by Gasteiger charge is 2.33. The van der Waals surface area contributed by atoms with Gasteiger partial charge in [0, 0.05) is 6.54 Å². The Bertz CT molecular complexity index is 592. The lowest BCUT2D eigenvalue weighted by atomic mass is 10.2. The van der Waals surface area contributed by atoms with Crippen LogP contribution in [0.4, 0.5) is 10.1 Å². The van der Waals surface area contributed by atoms with Gasteiger partial charge in [0.1, 0.15) is 5.82 Å². The molecule has 2 rings (SSSR count). The summed E-state index contributed by atoms with van der Waals surface area (Å²) in [6.45, 7) is 1.60. The maximum atomic E-state index is 13.1. The van der Waals surface area contributed by atoms with Crippen molar-refractivity contribution in [1.29, 1.82) is 5.26 Å². The van der Waals surface area contributed by atoms with Crippen molar-refractivity contribution in [2.24, 2.45) is 0 Å². The van der Waals surface area contributed by atoms with Crippen molar-refractivity contribution >= 4 is 15.7 Å². The fourth-order valence-corrected chi connectivity index (χ4v) is 3.15. The van der Waals surface area contributed by atoms with E-state index in [2.05, 4.69) is 0 Å². The van der Waals surface area contributed by atoms with Crippen molar-refractivity contribution < 1.29 is 12.8 Å². The second kappa shape index (κ2) is 4.00. The number of anilines is 1. The van der Waals surface area contributed by atoms with Crippen molar-refractivity contribution in [3.63, 3.8) is 0 Å². The summed E-state index contributed by atoms with van der Waals surface area (Å²) in [6.07, 6.45) is 0.549. The van der Waals surface area contributed by atoms with Crippen LogP contribution in [0.2, 0.25) is 0 Å². The minimum absolute atomic E-state index is 0.271. The molecule has 0 aromatic heterocycles. The smallest absolute Gasteiger partial charge is 0.251 e. The molecule has 0 bridgehead atoms. The van der Waals surface area contributed by atoms with Gasteiger partial charge >= 0.3 is 0 Å². The number of benzene rings is 1. The SMILES string of the molecule is CC(C#N)S(=O)(=O)N1CCc2ccc(F)cc21. The van der Waals surface area contributed by atoms with Crippen LogP contribution in [0.3, 0.4) is 0 Å². The molecule has 1 aromatic carbocycles. The lowest BCUT2D eigenvalue weighted by Gasteiger charge is -2.20. The fraction of sp³-hybridized carbons (Fsp3) is 0.364. The lowest BCUT2D eigenvalue weighted by molar-refractivity contribution is 0.588. The van der Waals surface area contributed by atoms with Gasteiger partial charge in [-0.2, -0.15) is 5.26 Å². The Hall–Kier alpha value is -1.61. The van der Waals surface area contributed by atoms with E-state index < -0.39 is 21.1 Å². The quantitative estimate of drug-likeness (QED) is 0.802. The molecule has 0 N–H and O–H groups in total. The van der Waals surface area contributed by atoms with Crippen molar-refractivity contribution in [2.75, 3.05) is 10.8 Å². The van der Waals surface area contributed by atoms with Gasteiger partial charge in [-0.15, -0.1) is 0 Å². The summed E-state index contributed by atoms with van der Waals surface area (Å²) >= 11 is 0. The zero-order valence-corrected chi connectivity index (χ0v) is 10.0. The van der Waals surface area contributed by atoms with E-state index in [0.29, 0.717) is 12.1 Å². The molecular weight excluding hydrogens is 243 g/mol. The highest BCUT2D eigenvalue weighted by Crippen LogP contribution is 2.32. The minimum atomic E-state index is -3.71.